The standard InChI is InChI=1S/C14H20N2O5/c1-18-6-7-20-9-8-19-5-4-16-12-10-11(15)2-3-13(12)21-14(16)17/h2-3,10H,4-9,15H2,1H3. The fourth-order valence-electron chi connectivity index (χ4n) is 1.91. The van der Waals surface area contributed by atoms with Gasteiger partial charge in [0.1, 0.15) is 0 Å². The molecule has 0 aliphatic rings. The van der Waals surface area contributed by atoms with Crippen molar-refractivity contribution in [3.05, 3.63) is 28.7 Å². The Labute approximate surface area is 122 Å². The maximum atomic E-state index is 11.7. The van der Waals surface area contributed by atoms with Gasteiger partial charge in [0, 0.05) is 12.8 Å². The van der Waals surface area contributed by atoms with Crippen LogP contribution in [-0.4, -0.2) is 44.7 Å². The van der Waals surface area contributed by atoms with Crippen molar-refractivity contribution in [2.75, 3.05) is 45.9 Å². The lowest BCUT2D eigenvalue weighted by Crippen LogP contribution is -2.18. The number of nitrogen functional groups attached to an aromatic ring is 1. The number of hydrogen-bond donors (Lipinski definition) is 1. The molecule has 7 nitrogen and oxygen atoms in total. The molecule has 2 N–H and O–H groups in total. The van der Waals surface area contributed by atoms with Crippen LogP contribution in [-0.2, 0) is 20.8 Å². The van der Waals surface area contributed by atoms with Gasteiger partial charge in [-0.1, -0.05) is 0 Å². The van der Waals surface area contributed by atoms with E-state index >= 15 is 0 Å². The third-order valence-electron chi connectivity index (χ3n) is 2.95. The molecule has 2 aromatic rings. The minimum atomic E-state index is -0.407. The topological polar surface area (TPSA) is 88.9 Å². The maximum absolute atomic E-state index is 11.7. The van der Waals surface area contributed by atoms with E-state index in [2.05, 4.69) is 0 Å². The quantitative estimate of drug-likeness (QED) is 0.545. The van der Waals surface area contributed by atoms with E-state index in [9.17, 15) is 4.79 Å². The summed E-state index contributed by atoms with van der Waals surface area (Å²) in [4.78, 5) is 11.7. The SMILES string of the molecule is COCCOCCOCCn1c(=O)oc2ccc(N)cc21. The average Bonchev–Trinajstić information content (AvgIpc) is 2.77. The summed E-state index contributed by atoms with van der Waals surface area (Å²) in [6.45, 7) is 2.89. The van der Waals surface area contributed by atoms with Crippen molar-refractivity contribution in [3.63, 3.8) is 0 Å². The van der Waals surface area contributed by atoms with Crippen LogP contribution < -0.4 is 11.5 Å². The first-order valence-corrected chi connectivity index (χ1v) is 6.75. The summed E-state index contributed by atoms with van der Waals surface area (Å²) in [5, 5.41) is 0. The molecule has 0 unspecified atom stereocenters. The minimum absolute atomic E-state index is 0.400. The number of hydrogen-bond acceptors (Lipinski definition) is 6. The number of rotatable bonds is 9. The molecular formula is C14H20N2O5. The molecule has 0 radical (unpaired) electrons. The Bertz CT molecular complexity index is 619. The summed E-state index contributed by atoms with van der Waals surface area (Å²) in [5.74, 6) is -0.407. The molecule has 0 saturated heterocycles. The molecule has 7 heteroatoms. The number of benzene rings is 1. The average molecular weight is 296 g/mol. The van der Waals surface area contributed by atoms with Gasteiger partial charge in [0.25, 0.3) is 0 Å². The predicted octanol–water partition coefficient (Wildman–Crippen LogP) is 0.856. The van der Waals surface area contributed by atoms with Crippen LogP contribution in [0.2, 0.25) is 0 Å². The molecule has 0 aliphatic heterocycles. The highest BCUT2D eigenvalue weighted by Crippen LogP contribution is 2.16. The predicted molar refractivity (Wildman–Crippen MR) is 78.4 cm³/mol. The van der Waals surface area contributed by atoms with Gasteiger partial charge in [0.05, 0.1) is 45.1 Å². The highest BCUT2D eigenvalue weighted by Gasteiger charge is 2.08. The van der Waals surface area contributed by atoms with E-state index in [1.165, 1.54) is 4.57 Å². The van der Waals surface area contributed by atoms with Gasteiger partial charge in [0.15, 0.2) is 5.58 Å². The molecule has 0 fully saturated rings. The van der Waals surface area contributed by atoms with Gasteiger partial charge < -0.3 is 24.4 Å². The zero-order valence-electron chi connectivity index (χ0n) is 12.0. The van der Waals surface area contributed by atoms with Gasteiger partial charge in [-0.3, -0.25) is 4.57 Å². The smallest absolute Gasteiger partial charge is 0.408 e. The van der Waals surface area contributed by atoms with Crippen LogP contribution in [0.4, 0.5) is 5.69 Å². The Morgan fingerprint density at radius 1 is 1.14 bits per heavy atom. The highest BCUT2D eigenvalue weighted by molar-refractivity contribution is 5.76. The molecule has 1 aromatic heterocycles. The van der Waals surface area contributed by atoms with E-state index in [0.717, 1.165) is 0 Å². The van der Waals surface area contributed by atoms with Crippen LogP contribution >= 0.6 is 0 Å². The number of aromatic nitrogens is 1. The van der Waals surface area contributed by atoms with Gasteiger partial charge in [0.2, 0.25) is 0 Å². The number of oxazole rings is 1. The molecule has 0 saturated carbocycles. The third-order valence-corrected chi connectivity index (χ3v) is 2.95. The van der Waals surface area contributed by atoms with Crippen molar-refractivity contribution in [1.29, 1.82) is 0 Å². The molecule has 1 heterocycles. The van der Waals surface area contributed by atoms with Crippen molar-refractivity contribution in [2.24, 2.45) is 0 Å². The van der Waals surface area contributed by atoms with Crippen LogP contribution in [0, 0.1) is 0 Å². The van der Waals surface area contributed by atoms with E-state index in [-0.39, 0.29) is 0 Å². The second-order valence-corrected chi connectivity index (χ2v) is 4.46. The Kier molecular flexibility index (Phi) is 5.79. The van der Waals surface area contributed by atoms with E-state index in [1.54, 1.807) is 25.3 Å². The number of anilines is 1. The van der Waals surface area contributed by atoms with Crippen LogP contribution in [0.1, 0.15) is 0 Å². The van der Waals surface area contributed by atoms with Crippen molar-refractivity contribution in [3.8, 4) is 0 Å². The lowest BCUT2D eigenvalue weighted by atomic mass is 10.3. The Morgan fingerprint density at radius 3 is 2.62 bits per heavy atom. The molecule has 0 spiro atoms. The molecule has 0 amide bonds. The summed E-state index contributed by atoms with van der Waals surface area (Å²) in [5.41, 5.74) is 7.51. The molecule has 0 bridgehead atoms. The number of ether oxygens (including phenoxy) is 3. The molecule has 116 valence electrons. The summed E-state index contributed by atoms with van der Waals surface area (Å²) in [6.07, 6.45) is 0. The van der Waals surface area contributed by atoms with Crippen molar-refractivity contribution >= 4 is 16.8 Å². The molecule has 2 rings (SSSR count). The van der Waals surface area contributed by atoms with Gasteiger partial charge in [-0.15, -0.1) is 0 Å². The van der Waals surface area contributed by atoms with Gasteiger partial charge in [-0.2, -0.15) is 0 Å². The van der Waals surface area contributed by atoms with E-state index < -0.39 is 5.76 Å². The van der Waals surface area contributed by atoms with Crippen LogP contribution in [0.3, 0.4) is 0 Å². The summed E-state index contributed by atoms with van der Waals surface area (Å²) in [6, 6.07) is 5.10. The lowest BCUT2D eigenvalue weighted by molar-refractivity contribution is 0.0229. The van der Waals surface area contributed by atoms with Crippen molar-refractivity contribution < 1.29 is 18.6 Å². The van der Waals surface area contributed by atoms with Gasteiger partial charge >= 0.3 is 5.76 Å². The minimum Gasteiger partial charge on any atom is -0.408 e. The number of methoxy groups -OCH3 is 1. The van der Waals surface area contributed by atoms with Gasteiger partial charge in [-0.25, -0.2) is 4.79 Å². The third kappa shape index (κ3) is 4.32. The first kappa shape index (κ1) is 15.6. The molecular weight excluding hydrogens is 276 g/mol. The zero-order valence-corrected chi connectivity index (χ0v) is 12.0. The number of fused-ring (bicyclic) bond motifs is 1. The van der Waals surface area contributed by atoms with Gasteiger partial charge in [-0.05, 0) is 18.2 Å². The van der Waals surface area contributed by atoms with Crippen LogP contribution in [0.15, 0.2) is 27.4 Å². The first-order valence-electron chi connectivity index (χ1n) is 6.75. The normalized spacial score (nSPS) is 11.3. The second kappa shape index (κ2) is 7.82. The maximum Gasteiger partial charge on any atom is 0.420 e. The van der Waals surface area contributed by atoms with Crippen molar-refractivity contribution in [1.82, 2.24) is 4.57 Å². The van der Waals surface area contributed by atoms with E-state index in [1.807, 2.05) is 0 Å². The molecule has 0 aliphatic carbocycles. The molecule has 0 atom stereocenters. The zero-order chi connectivity index (χ0) is 15.1. The Balaban J connectivity index is 1.80. The number of nitrogens with zero attached hydrogens (tertiary/aromatic N) is 1. The van der Waals surface area contributed by atoms with Crippen LogP contribution in [0.5, 0.6) is 0 Å². The summed E-state index contributed by atoms with van der Waals surface area (Å²) in [7, 11) is 1.62. The van der Waals surface area contributed by atoms with Crippen molar-refractivity contribution in [2.45, 2.75) is 6.54 Å². The molecule has 21 heavy (non-hydrogen) atoms. The number of nitrogens with two attached hydrogens (primary N) is 1. The largest absolute Gasteiger partial charge is 0.420 e. The fraction of sp³-hybridized carbons (Fsp3) is 0.500. The highest BCUT2D eigenvalue weighted by atomic mass is 16.5. The Morgan fingerprint density at radius 2 is 1.86 bits per heavy atom. The summed E-state index contributed by atoms with van der Waals surface area (Å²) < 4.78 is 22.2. The summed E-state index contributed by atoms with van der Waals surface area (Å²) >= 11 is 0. The second-order valence-electron chi connectivity index (χ2n) is 4.46. The van der Waals surface area contributed by atoms with E-state index in [4.69, 9.17) is 24.4 Å². The van der Waals surface area contributed by atoms with E-state index in [0.29, 0.717) is 56.4 Å². The van der Waals surface area contributed by atoms with Crippen LogP contribution in [0.25, 0.3) is 11.1 Å². The fourth-order valence-corrected chi connectivity index (χ4v) is 1.91. The lowest BCUT2D eigenvalue weighted by Gasteiger charge is -2.06. The first-order chi connectivity index (χ1) is 10.2. The Hall–Kier alpha value is -1.83. The monoisotopic (exact) mass is 296 g/mol. The molecule has 1 aromatic carbocycles.